The third-order valence-electron chi connectivity index (χ3n) is 4.60. The molecule has 1 aromatic carbocycles. The Bertz CT molecular complexity index is 578. The van der Waals surface area contributed by atoms with Crippen molar-refractivity contribution in [3.8, 4) is 0 Å². The van der Waals surface area contributed by atoms with Gasteiger partial charge in [-0.3, -0.25) is 0 Å². The van der Waals surface area contributed by atoms with E-state index in [2.05, 4.69) is 56.2 Å². The zero-order valence-corrected chi connectivity index (χ0v) is 16.5. The van der Waals surface area contributed by atoms with Crippen molar-refractivity contribution in [1.29, 1.82) is 0 Å². The Hall–Kier alpha value is -1.48. The molecule has 1 aliphatic rings. The number of aromatic nitrogens is 1. The fraction of sp³-hybridized carbons (Fsp3) is 0.619. The van der Waals surface area contributed by atoms with E-state index in [4.69, 9.17) is 5.73 Å². The zero-order chi connectivity index (χ0) is 18.1. The second-order valence-electron chi connectivity index (χ2n) is 6.73. The van der Waals surface area contributed by atoms with Crippen molar-refractivity contribution in [2.75, 3.05) is 19.8 Å². The Kier molecular flexibility index (Phi) is 8.91. The molecule has 3 N–H and O–H groups in total. The molecule has 1 aliphatic carbocycles. The van der Waals surface area contributed by atoms with Gasteiger partial charge in [0.25, 0.3) is 0 Å². The molecule has 1 heterocycles. The van der Waals surface area contributed by atoms with Crippen LogP contribution in [-0.4, -0.2) is 30.0 Å². The molecule has 0 bridgehead atoms. The lowest BCUT2D eigenvalue weighted by Crippen LogP contribution is -2.31. The molecular formula is C21H37N3. The molecule has 136 valence electrons. The SMILES string of the molecule is CC.CCC.CN(C)C1CCC(c2c[nH]c3ccc(N)cc23)CC1. The Labute approximate surface area is 148 Å². The van der Waals surface area contributed by atoms with Gasteiger partial charge in [0, 0.05) is 28.8 Å². The van der Waals surface area contributed by atoms with E-state index in [9.17, 15) is 0 Å². The van der Waals surface area contributed by atoms with Gasteiger partial charge < -0.3 is 15.6 Å². The largest absolute Gasteiger partial charge is 0.399 e. The molecule has 0 aliphatic heterocycles. The Balaban J connectivity index is 0.000000521. The van der Waals surface area contributed by atoms with E-state index in [0.717, 1.165) is 11.7 Å². The standard InChI is InChI=1S/C16H23N3.C3H8.C2H6/c1-19(2)13-6-3-11(4-7-13)15-10-18-16-8-5-12(17)9-14(15)16;1-3-2;1-2/h5,8-11,13,18H,3-4,6-7,17H2,1-2H3;3H2,1-2H3;1-2H3. The number of nitrogen functional groups attached to an aromatic ring is 1. The lowest BCUT2D eigenvalue weighted by molar-refractivity contribution is 0.217. The summed E-state index contributed by atoms with van der Waals surface area (Å²) in [5.74, 6) is 0.687. The minimum absolute atomic E-state index is 0.687. The van der Waals surface area contributed by atoms with Crippen molar-refractivity contribution < 1.29 is 0 Å². The third-order valence-corrected chi connectivity index (χ3v) is 4.60. The van der Waals surface area contributed by atoms with Gasteiger partial charge in [-0.1, -0.05) is 34.1 Å². The van der Waals surface area contributed by atoms with Crippen LogP contribution >= 0.6 is 0 Å². The van der Waals surface area contributed by atoms with E-state index in [1.807, 2.05) is 19.9 Å². The molecule has 1 saturated carbocycles. The van der Waals surface area contributed by atoms with Gasteiger partial charge in [-0.05, 0) is 69.5 Å². The average molecular weight is 332 g/mol. The first-order valence-electron chi connectivity index (χ1n) is 9.59. The molecular weight excluding hydrogens is 294 g/mol. The van der Waals surface area contributed by atoms with Gasteiger partial charge in [0.05, 0.1) is 0 Å². The summed E-state index contributed by atoms with van der Waals surface area (Å²) in [5, 5.41) is 1.31. The second kappa shape index (κ2) is 10.4. The van der Waals surface area contributed by atoms with Crippen LogP contribution in [0.3, 0.4) is 0 Å². The van der Waals surface area contributed by atoms with Gasteiger partial charge in [0.1, 0.15) is 0 Å². The number of nitrogens with one attached hydrogen (secondary N) is 1. The summed E-state index contributed by atoms with van der Waals surface area (Å²) in [5.41, 5.74) is 9.44. The molecule has 0 spiro atoms. The van der Waals surface area contributed by atoms with Gasteiger partial charge in [-0.15, -0.1) is 0 Å². The fourth-order valence-corrected chi connectivity index (χ4v) is 3.40. The van der Waals surface area contributed by atoms with Crippen molar-refractivity contribution in [2.24, 2.45) is 0 Å². The molecule has 3 rings (SSSR count). The molecule has 2 aromatic rings. The number of hydrogen-bond donors (Lipinski definition) is 2. The van der Waals surface area contributed by atoms with E-state index in [-0.39, 0.29) is 0 Å². The fourth-order valence-electron chi connectivity index (χ4n) is 3.40. The maximum absolute atomic E-state index is 5.92. The van der Waals surface area contributed by atoms with Crippen LogP contribution in [0.15, 0.2) is 24.4 Å². The molecule has 0 atom stereocenters. The number of fused-ring (bicyclic) bond motifs is 1. The van der Waals surface area contributed by atoms with Gasteiger partial charge in [-0.2, -0.15) is 0 Å². The van der Waals surface area contributed by atoms with E-state index in [1.54, 1.807) is 0 Å². The molecule has 0 saturated heterocycles. The Morgan fingerprint density at radius 2 is 1.67 bits per heavy atom. The average Bonchev–Trinajstić information content (AvgIpc) is 3.00. The van der Waals surface area contributed by atoms with Gasteiger partial charge in [0.15, 0.2) is 0 Å². The minimum atomic E-state index is 0.687. The first-order chi connectivity index (χ1) is 11.6. The lowest BCUT2D eigenvalue weighted by atomic mass is 9.81. The van der Waals surface area contributed by atoms with Crippen LogP contribution in [0.25, 0.3) is 10.9 Å². The van der Waals surface area contributed by atoms with Crippen LogP contribution in [0.2, 0.25) is 0 Å². The van der Waals surface area contributed by atoms with E-state index in [0.29, 0.717) is 5.92 Å². The second-order valence-corrected chi connectivity index (χ2v) is 6.73. The topological polar surface area (TPSA) is 45.0 Å². The molecule has 3 heteroatoms. The first-order valence-corrected chi connectivity index (χ1v) is 9.59. The summed E-state index contributed by atoms with van der Waals surface area (Å²) < 4.78 is 0. The van der Waals surface area contributed by atoms with Crippen LogP contribution in [0.5, 0.6) is 0 Å². The summed E-state index contributed by atoms with van der Waals surface area (Å²) >= 11 is 0. The number of nitrogens with two attached hydrogens (primary N) is 1. The van der Waals surface area contributed by atoms with Crippen molar-refractivity contribution in [2.45, 2.75) is 71.8 Å². The summed E-state index contributed by atoms with van der Waals surface area (Å²) in [6, 6.07) is 6.91. The molecule has 0 radical (unpaired) electrons. The van der Waals surface area contributed by atoms with Crippen LogP contribution in [0.1, 0.15) is 71.3 Å². The number of nitrogens with zero attached hydrogens (tertiary/aromatic N) is 1. The monoisotopic (exact) mass is 331 g/mol. The summed E-state index contributed by atoms with van der Waals surface area (Å²) in [7, 11) is 4.38. The highest BCUT2D eigenvalue weighted by atomic mass is 15.1. The normalized spacial score (nSPS) is 20.1. The Morgan fingerprint density at radius 3 is 2.21 bits per heavy atom. The van der Waals surface area contributed by atoms with Crippen LogP contribution in [0, 0.1) is 0 Å². The predicted molar refractivity (Wildman–Crippen MR) is 109 cm³/mol. The number of hydrogen-bond acceptors (Lipinski definition) is 2. The summed E-state index contributed by atoms with van der Waals surface area (Å²) in [6.45, 7) is 8.25. The molecule has 1 aromatic heterocycles. The highest BCUT2D eigenvalue weighted by molar-refractivity contribution is 5.86. The highest BCUT2D eigenvalue weighted by Gasteiger charge is 2.25. The van der Waals surface area contributed by atoms with Crippen LogP contribution in [-0.2, 0) is 0 Å². The van der Waals surface area contributed by atoms with E-state index < -0.39 is 0 Å². The maximum atomic E-state index is 5.92. The summed E-state index contributed by atoms with van der Waals surface area (Å²) in [6.07, 6.45) is 8.60. The predicted octanol–water partition coefficient (Wildman–Crippen LogP) is 5.78. The molecule has 1 fully saturated rings. The molecule has 0 amide bonds. The van der Waals surface area contributed by atoms with Crippen molar-refractivity contribution >= 4 is 16.6 Å². The third kappa shape index (κ3) is 5.27. The maximum Gasteiger partial charge on any atom is 0.0458 e. The molecule has 3 nitrogen and oxygen atoms in total. The van der Waals surface area contributed by atoms with Gasteiger partial charge in [-0.25, -0.2) is 0 Å². The number of rotatable bonds is 2. The van der Waals surface area contributed by atoms with Crippen molar-refractivity contribution in [3.63, 3.8) is 0 Å². The Morgan fingerprint density at radius 1 is 1.08 bits per heavy atom. The minimum Gasteiger partial charge on any atom is -0.399 e. The number of benzene rings is 1. The quantitative estimate of drug-likeness (QED) is 0.685. The number of aromatic amines is 1. The molecule has 0 unspecified atom stereocenters. The van der Waals surface area contributed by atoms with Gasteiger partial charge in [0.2, 0.25) is 0 Å². The smallest absolute Gasteiger partial charge is 0.0458 e. The van der Waals surface area contributed by atoms with Crippen molar-refractivity contribution in [1.82, 2.24) is 9.88 Å². The van der Waals surface area contributed by atoms with Crippen LogP contribution < -0.4 is 5.73 Å². The number of anilines is 1. The number of H-pyrrole nitrogens is 1. The van der Waals surface area contributed by atoms with Crippen molar-refractivity contribution in [3.05, 3.63) is 30.0 Å². The highest BCUT2D eigenvalue weighted by Crippen LogP contribution is 2.37. The van der Waals surface area contributed by atoms with Gasteiger partial charge >= 0.3 is 0 Å². The summed E-state index contributed by atoms with van der Waals surface area (Å²) in [4.78, 5) is 5.75. The van der Waals surface area contributed by atoms with Crippen LogP contribution in [0.4, 0.5) is 5.69 Å². The zero-order valence-electron chi connectivity index (χ0n) is 16.5. The first kappa shape index (κ1) is 20.6. The molecule has 24 heavy (non-hydrogen) atoms. The van der Waals surface area contributed by atoms with E-state index in [1.165, 1.54) is 48.6 Å². The van der Waals surface area contributed by atoms with E-state index >= 15 is 0 Å². The lowest BCUT2D eigenvalue weighted by Gasteiger charge is -2.32.